The summed E-state index contributed by atoms with van der Waals surface area (Å²) < 4.78 is 1.95. The van der Waals surface area contributed by atoms with Gasteiger partial charge in [0.25, 0.3) is 0 Å². The topological polar surface area (TPSA) is 29.9 Å². The Bertz CT molecular complexity index is 598. The quantitative estimate of drug-likeness (QED) is 0.925. The molecule has 1 aromatic carbocycles. The molecule has 0 aliphatic heterocycles. The molecule has 1 heterocycles. The molecule has 3 nitrogen and oxygen atoms in total. The lowest BCUT2D eigenvalue weighted by molar-refractivity contribution is 0.270. The van der Waals surface area contributed by atoms with Gasteiger partial charge in [0.15, 0.2) is 0 Å². The van der Waals surface area contributed by atoms with Gasteiger partial charge in [0.1, 0.15) is 0 Å². The average molecular weight is 269 g/mol. The summed E-state index contributed by atoms with van der Waals surface area (Å²) in [6.07, 6.45) is 4.04. The molecule has 3 heteroatoms. The van der Waals surface area contributed by atoms with Gasteiger partial charge in [-0.15, -0.1) is 0 Å². The maximum absolute atomic E-state index is 4.22. The second-order valence-corrected chi connectivity index (χ2v) is 6.45. The highest BCUT2D eigenvalue weighted by molar-refractivity contribution is 5.37. The molecule has 1 unspecified atom stereocenters. The van der Waals surface area contributed by atoms with Gasteiger partial charge in [0.05, 0.1) is 0 Å². The molecule has 1 aliphatic carbocycles. The molecular formula is C17H23N3. The summed E-state index contributed by atoms with van der Waals surface area (Å²) in [5, 5.41) is 7.97. The lowest BCUT2D eigenvalue weighted by Crippen LogP contribution is -2.32. The normalized spacial score (nSPS) is 20.1. The Morgan fingerprint density at radius 3 is 2.85 bits per heavy atom. The third-order valence-electron chi connectivity index (χ3n) is 4.45. The van der Waals surface area contributed by atoms with E-state index in [9.17, 15) is 0 Å². The van der Waals surface area contributed by atoms with Gasteiger partial charge in [0, 0.05) is 37.9 Å². The van der Waals surface area contributed by atoms with E-state index in [1.807, 2.05) is 17.9 Å². The van der Waals surface area contributed by atoms with Crippen molar-refractivity contribution < 1.29 is 0 Å². The number of rotatable bonds is 4. The number of nitrogens with zero attached hydrogens (tertiary/aromatic N) is 2. The van der Waals surface area contributed by atoms with Crippen LogP contribution in [0.1, 0.15) is 36.7 Å². The van der Waals surface area contributed by atoms with Crippen molar-refractivity contribution in [1.82, 2.24) is 15.1 Å². The van der Waals surface area contributed by atoms with Gasteiger partial charge in [-0.3, -0.25) is 4.68 Å². The monoisotopic (exact) mass is 269 g/mol. The van der Waals surface area contributed by atoms with Crippen LogP contribution in [0.4, 0.5) is 0 Å². The molecule has 1 N–H and O–H groups in total. The van der Waals surface area contributed by atoms with Crippen LogP contribution in [0.2, 0.25) is 0 Å². The number of hydrogen-bond donors (Lipinski definition) is 1. The lowest BCUT2D eigenvalue weighted by Gasteiger charge is -2.28. The van der Waals surface area contributed by atoms with E-state index in [4.69, 9.17) is 0 Å². The minimum atomic E-state index is 0.288. The van der Waals surface area contributed by atoms with Gasteiger partial charge < -0.3 is 5.32 Å². The molecule has 20 heavy (non-hydrogen) atoms. The Kier molecular flexibility index (Phi) is 3.38. The number of aryl methyl sites for hydroxylation is 1. The highest BCUT2D eigenvalue weighted by Crippen LogP contribution is 2.44. The molecule has 0 radical (unpaired) electrons. The smallest absolute Gasteiger partial charge is 0.0492 e. The van der Waals surface area contributed by atoms with Crippen LogP contribution >= 0.6 is 0 Å². The molecule has 3 rings (SSSR count). The zero-order valence-electron chi connectivity index (χ0n) is 12.6. The highest BCUT2D eigenvalue weighted by atomic mass is 15.3. The average Bonchev–Trinajstić information content (AvgIpc) is 2.91. The zero-order chi connectivity index (χ0) is 14.2. The van der Waals surface area contributed by atoms with Crippen molar-refractivity contribution in [3.05, 3.63) is 53.3 Å². The summed E-state index contributed by atoms with van der Waals surface area (Å²) >= 11 is 0. The van der Waals surface area contributed by atoms with Crippen molar-refractivity contribution in [3.63, 3.8) is 0 Å². The van der Waals surface area contributed by atoms with Crippen molar-refractivity contribution in [3.8, 4) is 0 Å². The van der Waals surface area contributed by atoms with E-state index in [1.54, 1.807) is 0 Å². The summed E-state index contributed by atoms with van der Waals surface area (Å²) in [6, 6.07) is 11.4. The first kappa shape index (κ1) is 13.4. The fourth-order valence-electron chi connectivity index (χ4n) is 3.37. The molecule has 1 atom stereocenters. The third kappa shape index (κ3) is 2.38. The lowest BCUT2D eigenvalue weighted by atomic mass is 9.85. The van der Waals surface area contributed by atoms with Gasteiger partial charge in [-0.2, -0.15) is 5.10 Å². The van der Waals surface area contributed by atoms with E-state index in [-0.39, 0.29) is 5.41 Å². The largest absolute Gasteiger partial charge is 0.309 e. The molecule has 1 aromatic heterocycles. The van der Waals surface area contributed by atoms with E-state index in [2.05, 4.69) is 54.6 Å². The van der Waals surface area contributed by atoms with Crippen LogP contribution in [0.3, 0.4) is 0 Å². The maximum Gasteiger partial charge on any atom is 0.0492 e. The van der Waals surface area contributed by atoms with Crippen LogP contribution in [0.15, 0.2) is 36.5 Å². The molecule has 0 saturated carbocycles. The Balaban J connectivity index is 1.69. The van der Waals surface area contributed by atoms with Crippen LogP contribution in [-0.4, -0.2) is 16.3 Å². The minimum absolute atomic E-state index is 0.288. The van der Waals surface area contributed by atoms with Gasteiger partial charge in [-0.1, -0.05) is 38.1 Å². The third-order valence-corrected chi connectivity index (χ3v) is 4.45. The van der Waals surface area contributed by atoms with Crippen LogP contribution in [0.25, 0.3) is 0 Å². The fraction of sp³-hybridized carbons (Fsp3) is 0.471. The van der Waals surface area contributed by atoms with E-state index in [0.717, 1.165) is 19.4 Å². The molecule has 1 aliphatic rings. The van der Waals surface area contributed by atoms with Crippen molar-refractivity contribution in [2.24, 2.45) is 12.5 Å². The summed E-state index contributed by atoms with van der Waals surface area (Å²) in [4.78, 5) is 0. The second-order valence-electron chi connectivity index (χ2n) is 6.45. The fourth-order valence-corrected chi connectivity index (χ4v) is 3.37. The number of nitrogens with one attached hydrogen (secondary N) is 1. The Morgan fingerprint density at radius 1 is 1.30 bits per heavy atom. The Labute approximate surface area is 121 Å². The van der Waals surface area contributed by atoms with Crippen molar-refractivity contribution in [1.29, 1.82) is 0 Å². The molecule has 0 bridgehead atoms. The Morgan fingerprint density at radius 2 is 2.10 bits per heavy atom. The first-order valence-corrected chi connectivity index (χ1v) is 7.36. The predicted octanol–water partition coefficient (Wildman–Crippen LogP) is 2.88. The second kappa shape index (κ2) is 5.06. The molecule has 0 saturated heterocycles. The number of benzene rings is 1. The van der Waals surface area contributed by atoms with Gasteiger partial charge >= 0.3 is 0 Å². The van der Waals surface area contributed by atoms with Crippen LogP contribution in [0.5, 0.6) is 0 Å². The van der Waals surface area contributed by atoms with E-state index >= 15 is 0 Å². The SMILES string of the molecule is Cn1nccc1CCNC1c2ccccc2CC1(C)C. The predicted molar refractivity (Wildman–Crippen MR) is 81.6 cm³/mol. The van der Waals surface area contributed by atoms with E-state index in [0.29, 0.717) is 6.04 Å². The molecule has 0 amide bonds. The maximum atomic E-state index is 4.22. The van der Waals surface area contributed by atoms with E-state index in [1.165, 1.54) is 16.8 Å². The molecular weight excluding hydrogens is 246 g/mol. The number of aromatic nitrogens is 2. The first-order valence-electron chi connectivity index (χ1n) is 7.36. The zero-order valence-corrected chi connectivity index (χ0v) is 12.6. The summed E-state index contributed by atoms with van der Waals surface area (Å²) in [5.41, 5.74) is 4.54. The summed E-state index contributed by atoms with van der Waals surface area (Å²) in [6.45, 7) is 5.70. The van der Waals surface area contributed by atoms with E-state index < -0.39 is 0 Å². The molecule has 2 aromatic rings. The van der Waals surface area contributed by atoms with Crippen LogP contribution in [0, 0.1) is 5.41 Å². The summed E-state index contributed by atoms with van der Waals surface area (Å²) in [7, 11) is 2.00. The molecule has 106 valence electrons. The molecule has 0 fully saturated rings. The van der Waals surface area contributed by atoms with Gasteiger partial charge in [-0.25, -0.2) is 0 Å². The highest BCUT2D eigenvalue weighted by Gasteiger charge is 2.38. The number of fused-ring (bicyclic) bond motifs is 1. The minimum Gasteiger partial charge on any atom is -0.309 e. The van der Waals surface area contributed by atoms with Crippen molar-refractivity contribution >= 4 is 0 Å². The molecule has 0 spiro atoms. The first-order chi connectivity index (χ1) is 9.58. The van der Waals surface area contributed by atoms with Crippen LogP contribution < -0.4 is 5.32 Å². The van der Waals surface area contributed by atoms with Crippen molar-refractivity contribution in [2.75, 3.05) is 6.54 Å². The van der Waals surface area contributed by atoms with Crippen molar-refractivity contribution in [2.45, 2.75) is 32.7 Å². The van der Waals surface area contributed by atoms with Gasteiger partial charge in [-0.05, 0) is 29.0 Å². The Hall–Kier alpha value is -1.61. The summed E-state index contributed by atoms with van der Waals surface area (Å²) in [5.74, 6) is 0. The van der Waals surface area contributed by atoms with Gasteiger partial charge in [0.2, 0.25) is 0 Å². The van der Waals surface area contributed by atoms with Crippen LogP contribution in [-0.2, 0) is 19.9 Å². The standard InChI is InChI=1S/C17H23N3/c1-17(2)12-13-6-4-5-7-15(13)16(17)18-10-8-14-9-11-19-20(14)3/h4-7,9,11,16,18H,8,10,12H2,1-3H3. The number of hydrogen-bond acceptors (Lipinski definition) is 2.